The van der Waals surface area contributed by atoms with E-state index in [2.05, 4.69) is 9.97 Å². The van der Waals surface area contributed by atoms with Gasteiger partial charge in [0.2, 0.25) is 9.84 Å². The fourth-order valence-electron chi connectivity index (χ4n) is 1.73. The summed E-state index contributed by atoms with van der Waals surface area (Å²) >= 11 is 4.80. The third-order valence-corrected chi connectivity index (χ3v) is 4.86. The number of benzene rings is 1. The van der Waals surface area contributed by atoms with Gasteiger partial charge in [0, 0.05) is 0 Å². The highest BCUT2D eigenvalue weighted by molar-refractivity contribution is 7.91. The van der Waals surface area contributed by atoms with E-state index in [9.17, 15) is 8.42 Å². The van der Waals surface area contributed by atoms with Crippen LogP contribution in [0, 0.1) is 18.6 Å². The number of rotatable bonds is 2. The molecule has 3 N–H and O–H groups in total. The molecule has 1 heterocycles. The molecule has 0 aliphatic carbocycles. The van der Waals surface area contributed by atoms with Crippen LogP contribution in [0.2, 0.25) is 0 Å². The molecule has 1 aromatic carbocycles. The van der Waals surface area contributed by atoms with Gasteiger partial charge >= 0.3 is 0 Å². The molecule has 1 aromatic heterocycles. The largest absolute Gasteiger partial charge is 0.384 e. The lowest BCUT2D eigenvalue weighted by molar-refractivity contribution is 0.595. The van der Waals surface area contributed by atoms with E-state index >= 15 is 0 Å². The predicted octanol–water partition coefficient (Wildman–Crippen LogP) is 2.17. The molecule has 100 valence electrons. The van der Waals surface area contributed by atoms with Gasteiger partial charge in [0.15, 0.2) is 4.77 Å². The fourth-order valence-corrected chi connectivity index (χ4v) is 3.49. The van der Waals surface area contributed by atoms with Crippen molar-refractivity contribution in [2.45, 2.75) is 23.6 Å². The highest BCUT2D eigenvalue weighted by Gasteiger charge is 2.23. The quantitative estimate of drug-likeness (QED) is 0.829. The Morgan fingerprint density at radius 3 is 2.58 bits per heavy atom. The number of H-pyrrole nitrogens is 1. The van der Waals surface area contributed by atoms with Gasteiger partial charge in [-0.15, -0.1) is 0 Å². The topological polar surface area (TPSA) is 88.8 Å². The summed E-state index contributed by atoms with van der Waals surface area (Å²) in [5.74, 6) is 0.000839. The summed E-state index contributed by atoms with van der Waals surface area (Å²) in [7, 11) is -3.70. The van der Waals surface area contributed by atoms with Crippen molar-refractivity contribution in [2.24, 2.45) is 0 Å². The van der Waals surface area contributed by atoms with Gasteiger partial charge < -0.3 is 10.7 Å². The van der Waals surface area contributed by atoms with E-state index in [1.807, 2.05) is 13.0 Å². The Morgan fingerprint density at radius 2 is 1.95 bits per heavy atom. The van der Waals surface area contributed by atoms with Crippen molar-refractivity contribution < 1.29 is 8.42 Å². The first kappa shape index (κ1) is 13.7. The van der Waals surface area contributed by atoms with E-state index < -0.39 is 9.84 Å². The molecule has 7 heteroatoms. The second-order valence-electron chi connectivity index (χ2n) is 4.24. The van der Waals surface area contributed by atoms with E-state index in [1.165, 1.54) is 6.20 Å². The van der Waals surface area contributed by atoms with Crippen molar-refractivity contribution >= 4 is 27.9 Å². The molecule has 5 nitrogen and oxygen atoms in total. The lowest BCUT2D eigenvalue weighted by atomic mass is 10.2. The second-order valence-corrected chi connectivity index (χ2v) is 6.51. The lowest BCUT2D eigenvalue weighted by Crippen LogP contribution is -2.09. The maximum Gasteiger partial charge on any atom is 0.211 e. The molecule has 0 saturated heterocycles. The van der Waals surface area contributed by atoms with Crippen LogP contribution in [0.25, 0.3) is 0 Å². The van der Waals surface area contributed by atoms with E-state index in [1.54, 1.807) is 19.1 Å². The van der Waals surface area contributed by atoms with Crippen LogP contribution in [0.5, 0.6) is 0 Å². The summed E-state index contributed by atoms with van der Waals surface area (Å²) in [6.07, 6.45) is 1.19. The number of nitrogen functional groups attached to an aromatic ring is 1. The number of nitrogens with zero attached hydrogens (tertiary/aromatic N) is 1. The Balaban J connectivity index is 2.72. The molecule has 2 rings (SSSR count). The van der Waals surface area contributed by atoms with Gasteiger partial charge in [-0.25, -0.2) is 13.4 Å². The van der Waals surface area contributed by atoms with E-state index in [-0.39, 0.29) is 20.4 Å². The summed E-state index contributed by atoms with van der Waals surface area (Å²) in [4.78, 5) is 6.50. The molecular formula is C12H13N3O2S2. The molecule has 0 unspecified atom stereocenters. The van der Waals surface area contributed by atoms with Crippen LogP contribution in [0.1, 0.15) is 11.1 Å². The number of nitrogens with one attached hydrogen (secondary N) is 1. The Labute approximate surface area is 116 Å². The van der Waals surface area contributed by atoms with E-state index in [0.717, 1.165) is 5.56 Å². The standard InChI is InChI=1S/C12H13N3O2S2/c1-7-3-4-8(2)9(5-7)19(16,17)10-6-14-12(18)15-11(10)13/h3-6H,1-2H3,(H3,13,14,15,18). The minimum Gasteiger partial charge on any atom is -0.384 e. The molecule has 0 saturated carbocycles. The first-order valence-corrected chi connectivity index (χ1v) is 7.38. The fraction of sp³-hybridized carbons (Fsp3) is 0.167. The normalized spacial score (nSPS) is 11.5. The van der Waals surface area contributed by atoms with Gasteiger partial charge in [0.25, 0.3) is 0 Å². The minimum absolute atomic E-state index is 0.000839. The Morgan fingerprint density at radius 1 is 1.26 bits per heavy atom. The number of aromatic nitrogens is 2. The zero-order valence-corrected chi connectivity index (χ0v) is 12.1. The van der Waals surface area contributed by atoms with E-state index in [0.29, 0.717) is 5.56 Å². The third-order valence-electron chi connectivity index (χ3n) is 2.73. The van der Waals surface area contributed by atoms with Crippen LogP contribution in [0.3, 0.4) is 0 Å². The molecule has 0 amide bonds. The van der Waals surface area contributed by atoms with E-state index in [4.69, 9.17) is 18.0 Å². The molecule has 2 aromatic rings. The van der Waals surface area contributed by atoms with Crippen LogP contribution >= 0.6 is 12.2 Å². The Bertz CT molecular complexity index is 795. The van der Waals surface area contributed by atoms with Gasteiger partial charge in [-0.2, -0.15) is 0 Å². The predicted molar refractivity (Wildman–Crippen MR) is 75.2 cm³/mol. The Kier molecular flexibility index (Phi) is 3.42. The molecule has 0 aliphatic heterocycles. The summed E-state index contributed by atoms with van der Waals surface area (Å²) in [5.41, 5.74) is 7.21. The molecule has 0 atom stereocenters. The average Bonchev–Trinajstić information content (AvgIpc) is 2.31. The number of hydrogen-bond donors (Lipinski definition) is 2. The maximum atomic E-state index is 12.6. The maximum absolute atomic E-state index is 12.6. The van der Waals surface area contributed by atoms with Crippen molar-refractivity contribution in [2.75, 3.05) is 5.73 Å². The first-order chi connectivity index (χ1) is 8.82. The number of sulfone groups is 1. The molecule has 0 fully saturated rings. The molecule has 0 radical (unpaired) electrons. The third kappa shape index (κ3) is 2.52. The van der Waals surface area contributed by atoms with Crippen molar-refractivity contribution in [1.29, 1.82) is 0 Å². The van der Waals surface area contributed by atoms with Gasteiger partial charge in [-0.05, 0) is 43.3 Å². The summed E-state index contributed by atoms with van der Waals surface area (Å²) in [6.45, 7) is 3.57. The zero-order valence-electron chi connectivity index (χ0n) is 10.5. The van der Waals surface area contributed by atoms with Crippen LogP contribution < -0.4 is 5.73 Å². The number of nitrogens with two attached hydrogens (primary N) is 1. The summed E-state index contributed by atoms with van der Waals surface area (Å²) < 4.78 is 25.3. The minimum atomic E-state index is -3.70. The van der Waals surface area contributed by atoms with Crippen LogP contribution in [-0.2, 0) is 9.84 Å². The molecular weight excluding hydrogens is 282 g/mol. The number of aromatic amines is 1. The van der Waals surface area contributed by atoms with Crippen LogP contribution in [-0.4, -0.2) is 18.4 Å². The highest BCUT2D eigenvalue weighted by Crippen LogP contribution is 2.26. The monoisotopic (exact) mass is 295 g/mol. The number of aryl methyl sites for hydroxylation is 2. The molecule has 0 aliphatic rings. The Hall–Kier alpha value is -1.73. The SMILES string of the molecule is Cc1ccc(C)c(S(=O)(=O)c2cnc(=S)[nH]c2N)c1. The molecule has 0 spiro atoms. The van der Waals surface area contributed by atoms with Gasteiger partial charge in [0.1, 0.15) is 10.7 Å². The van der Waals surface area contributed by atoms with Crippen LogP contribution in [0.4, 0.5) is 5.82 Å². The lowest BCUT2D eigenvalue weighted by Gasteiger charge is -2.10. The zero-order chi connectivity index (χ0) is 14.2. The van der Waals surface area contributed by atoms with Gasteiger partial charge in [-0.3, -0.25) is 0 Å². The van der Waals surface area contributed by atoms with Crippen molar-refractivity contribution in [3.05, 3.63) is 40.3 Å². The van der Waals surface area contributed by atoms with Crippen LogP contribution in [0.15, 0.2) is 34.2 Å². The molecule has 19 heavy (non-hydrogen) atoms. The van der Waals surface area contributed by atoms with Crippen molar-refractivity contribution in [3.63, 3.8) is 0 Å². The molecule has 0 bridgehead atoms. The van der Waals surface area contributed by atoms with Crippen molar-refractivity contribution in [1.82, 2.24) is 9.97 Å². The smallest absolute Gasteiger partial charge is 0.211 e. The highest BCUT2D eigenvalue weighted by atomic mass is 32.2. The van der Waals surface area contributed by atoms with Gasteiger partial charge in [0.05, 0.1) is 11.1 Å². The summed E-state index contributed by atoms with van der Waals surface area (Å²) in [5, 5.41) is 0. The van der Waals surface area contributed by atoms with Crippen molar-refractivity contribution in [3.8, 4) is 0 Å². The van der Waals surface area contributed by atoms with Gasteiger partial charge in [-0.1, -0.05) is 12.1 Å². The number of anilines is 1. The second kappa shape index (κ2) is 4.75. The number of hydrogen-bond acceptors (Lipinski definition) is 5. The average molecular weight is 295 g/mol. The first-order valence-electron chi connectivity index (χ1n) is 5.49. The summed E-state index contributed by atoms with van der Waals surface area (Å²) in [6, 6.07) is 5.23.